The largest absolute Gasteiger partial charge is 0.493 e. The summed E-state index contributed by atoms with van der Waals surface area (Å²) in [6, 6.07) is 5.30. The molecular weight excluding hydrogens is 350 g/mol. The van der Waals surface area contributed by atoms with Gasteiger partial charge in [-0.15, -0.1) is 0 Å². The Labute approximate surface area is 157 Å². The Morgan fingerprint density at radius 2 is 1.96 bits per heavy atom. The molecule has 1 aromatic carbocycles. The van der Waals surface area contributed by atoms with E-state index in [4.69, 9.17) is 14.2 Å². The standard InChI is InChI=1S/C19H23N3O5/c1-12-18(13(2)22(3)21-12)20-16(23)11-27-17(24)10-9-14-7-6-8-15(25-4)19(14)26-5/h6-10H,11H2,1-5H3,(H,20,23)/b10-9+. The number of benzene rings is 1. The second-order valence-electron chi connectivity index (χ2n) is 5.74. The lowest BCUT2D eigenvalue weighted by Gasteiger charge is -2.09. The predicted octanol–water partition coefficient (Wildman–Crippen LogP) is 2.25. The van der Waals surface area contributed by atoms with Crippen LogP contribution in [0.1, 0.15) is 17.0 Å². The zero-order valence-electron chi connectivity index (χ0n) is 16.0. The predicted molar refractivity (Wildman–Crippen MR) is 101 cm³/mol. The maximum absolute atomic E-state index is 12.0. The molecule has 2 rings (SSSR count). The van der Waals surface area contributed by atoms with Gasteiger partial charge in [-0.3, -0.25) is 9.48 Å². The topological polar surface area (TPSA) is 91.7 Å². The second kappa shape index (κ2) is 8.88. The molecule has 8 nitrogen and oxygen atoms in total. The van der Waals surface area contributed by atoms with Crippen molar-refractivity contribution in [3.8, 4) is 11.5 Å². The molecule has 0 aliphatic heterocycles. The molecule has 144 valence electrons. The van der Waals surface area contributed by atoms with E-state index in [0.717, 1.165) is 5.69 Å². The van der Waals surface area contributed by atoms with Crippen LogP contribution in [0.4, 0.5) is 5.69 Å². The third kappa shape index (κ3) is 4.87. The van der Waals surface area contributed by atoms with Crippen molar-refractivity contribution in [1.82, 2.24) is 9.78 Å². The first-order chi connectivity index (χ1) is 12.9. The van der Waals surface area contributed by atoms with E-state index in [9.17, 15) is 9.59 Å². The SMILES string of the molecule is COc1cccc(/C=C/C(=O)OCC(=O)Nc2c(C)nn(C)c2C)c1OC. The van der Waals surface area contributed by atoms with Gasteiger partial charge < -0.3 is 19.5 Å². The molecule has 0 radical (unpaired) electrons. The molecule has 0 aliphatic carbocycles. The van der Waals surface area contributed by atoms with Crippen LogP contribution in [0.5, 0.6) is 11.5 Å². The number of aromatic nitrogens is 2. The number of anilines is 1. The summed E-state index contributed by atoms with van der Waals surface area (Å²) in [7, 11) is 4.83. The zero-order chi connectivity index (χ0) is 20.0. The van der Waals surface area contributed by atoms with Crippen molar-refractivity contribution in [3.63, 3.8) is 0 Å². The van der Waals surface area contributed by atoms with E-state index in [1.54, 1.807) is 36.9 Å². The van der Waals surface area contributed by atoms with Crippen molar-refractivity contribution < 1.29 is 23.8 Å². The highest BCUT2D eigenvalue weighted by Gasteiger charge is 2.13. The fourth-order valence-corrected chi connectivity index (χ4v) is 2.52. The number of ether oxygens (including phenoxy) is 3. The molecule has 1 heterocycles. The summed E-state index contributed by atoms with van der Waals surface area (Å²) in [5.74, 6) is -0.0245. The highest BCUT2D eigenvalue weighted by molar-refractivity contribution is 5.95. The van der Waals surface area contributed by atoms with Gasteiger partial charge in [-0.25, -0.2) is 4.79 Å². The summed E-state index contributed by atoms with van der Waals surface area (Å²) in [5, 5.41) is 6.91. The molecule has 1 amide bonds. The fraction of sp³-hybridized carbons (Fsp3) is 0.316. The van der Waals surface area contributed by atoms with Crippen LogP contribution < -0.4 is 14.8 Å². The first-order valence-corrected chi connectivity index (χ1v) is 8.23. The lowest BCUT2D eigenvalue weighted by molar-refractivity contribution is -0.142. The minimum Gasteiger partial charge on any atom is -0.493 e. The quantitative estimate of drug-likeness (QED) is 0.591. The van der Waals surface area contributed by atoms with Gasteiger partial charge in [0.05, 0.1) is 31.3 Å². The highest BCUT2D eigenvalue weighted by atomic mass is 16.5. The molecule has 0 unspecified atom stereocenters. The molecular formula is C19H23N3O5. The van der Waals surface area contributed by atoms with E-state index in [2.05, 4.69) is 10.4 Å². The van der Waals surface area contributed by atoms with Crippen LogP contribution in [0.3, 0.4) is 0 Å². The van der Waals surface area contributed by atoms with Gasteiger partial charge in [-0.2, -0.15) is 5.10 Å². The fourth-order valence-electron chi connectivity index (χ4n) is 2.52. The van der Waals surface area contributed by atoms with Crippen molar-refractivity contribution in [2.24, 2.45) is 7.05 Å². The number of esters is 1. The molecule has 1 N–H and O–H groups in total. The van der Waals surface area contributed by atoms with Crippen LogP contribution in [0.2, 0.25) is 0 Å². The molecule has 8 heteroatoms. The molecule has 1 aromatic heterocycles. The summed E-state index contributed by atoms with van der Waals surface area (Å²) in [5.41, 5.74) is 2.78. The minimum atomic E-state index is -0.644. The Morgan fingerprint density at radius 1 is 1.22 bits per heavy atom. The van der Waals surface area contributed by atoms with Gasteiger partial charge in [0.15, 0.2) is 18.1 Å². The van der Waals surface area contributed by atoms with Gasteiger partial charge in [0.25, 0.3) is 5.91 Å². The van der Waals surface area contributed by atoms with Gasteiger partial charge in [-0.1, -0.05) is 12.1 Å². The van der Waals surface area contributed by atoms with Crippen molar-refractivity contribution in [2.45, 2.75) is 13.8 Å². The number of para-hydroxylation sites is 1. The van der Waals surface area contributed by atoms with Crippen LogP contribution in [0, 0.1) is 13.8 Å². The first kappa shape index (κ1) is 20.0. The number of methoxy groups -OCH3 is 2. The molecule has 27 heavy (non-hydrogen) atoms. The van der Waals surface area contributed by atoms with Crippen molar-refractivity contribution >= 4 is 23.6 Å². The molecule has 0 fully saturated rings. The molecule has 0 aliphatic rings. The minimum absolute atomic E-state index is 0.397. The third-order valence-electron chi connectivity index (χ3n) is 3.95. The van der Waals surface area contributed by atoms with Crippen LogP contribution in [0.25, 0.3) is 6.08 Å². The summed E-state index contributed by atoms with van der Waals surface area (Å²) in [6.07, 6.45) is 2.77. The second-order valence-corrected chi connectivity index (χ2v) is 5.74. The van der Waals surface area contributed by atoms with E-state index in [1.165, 1.54) is 26.4 Å². The average Bonchev–Trinajstić information content (AvgIpc) is 2.90. The average molecular weight is 373 g/mol. The van der Waals surface area contributed by atoms with E-state index >= 15 is 0 Å². The lowest BCUT2D eigenvalue weighted by Crippen LogP contribution is -2.20. The molecule has 2 aromatic rings. The number of carbonyl (C=O) groups is 2. The molecule has 0 saturated carbocycles. The lowest BCUT2D eigenvalue weighted by atomic mass is 10.1. The van der Waals surface area contributed by atoms with Crippen molar-refractivity contribution in [2.75, 3.05) is 26.1 Å². The number of nitrogens with one attached hydrogen (secondary N) is 1. The maximum atomic E-state index is 12.0. The van der Waals surface area contributed by atoms with Crippen LogP contribution in [0.15, 0.2) is 24.3 Å². The number of rotatable bonds is 7. The first-order valence-electron chi connectivity index (χ1n) is 8.23. The Morgan fingerprint density at radius 3 is 2.56 bits per heavy atom. The van der Waals surface area contributed by atoms with Crippen LogP contribution >= 0.6 is 0 Å². The summed E-state index contributed by atoms with van der Waals surface area (Å²) in [4.78, 5) is 23.9. The van der Waals surface area contributed by atoms with E-state index in [0.29, 0.717) is 28.4 Å². The number of amides is 1. The molecule has 0 spiro atoms. The third-order valence-corrected chi connectivity index (χ3v) is 3.95. The van der Waals surface area contributed by atoms with Gasteiger partial charge in [0.1, 0.15) is 0 Å². The number of hydrogen-bond acceptors (Lipinski definition) is 6. The zero-order valence-corrected chi connectivity index (χ0v) is 16.0. The van der Waals surface area contributed by atoms with Crippen LogP contribution in [-0.4, -0.2) is 42.5 Å². The van der Waals surface area contributed by atoms with E-state index in [1.807, 2.05) is 6.92 Å². The Balaban J connectivity index is 1.94. The van der Waals surface area contributed by atoms with Gasteiger partial charge in [0, 0.05) is 18.7 Å². The smallest absolute Gasteiger partial charge is 0.331 e. The monoisotopic (exact) mass is 373 g/mol. The summed E-state index contributed by atoms with van der Waals surface area (Å²) in [6.45, 7) is 3.23. The van der Waals surface area contributed by atoms with Gasteiger partial charge in [0.2, 0.25) is 0 Å². The molecule has 0 atom stereocenters. The van der Waals surface area contributed by atoms with Gasteiger partial charge in [-0.05, 0) is 26.0 Å². The molecule has 0 bridgehead atoms. The highest BCUT2D eigenvalue weighted by Crippen LogP contribution is 2.31. The van der Waals surface area contributed by atoms with E-state index in [-0.39, 0.29) is 0 Å². The Bertz CT molecular complexity index is 870. The number of nitrogens with zero attached hydrogens (tertiary/aromatic N) is 2. The number of hydrogen-bond donors (Lipinski definition) is 1. The summed E-state index contributed by atoms with van der Waals surface area (Å²) >= 11 is 0. The van der Waals surface area contributed by atoms with Crippen molar-refractivity contribution in [1.29, 1.82) is 0 Å². The maximum Gasteiger partial charge on any atom is 0.331 e. The van der Waals surface area contributed by atoms with Gasteiger partial charge >= 0.3 is 5.97 Å². The molecule has 0 saturated heterocycles. The van der Waals surface area contributed by atoms with Crippen LogP contribution in [-0.2, 0) is 21.4 Å². The van der Waals surface area contributed by atoms with E-state index < -0.39 is 18.5 Å². The number of aryl methyl sites for hydroxylation is 2. The number of carbonyl (C=O) groups excluding carboxylic acids is 2. The Hall–Kier alpha value is -3.29. The summed E-state index contributed by atoms with van der Waals surface area (Å²) < 4.78 is 17.1. The Kier molecular flexibility index (Phi) is 6.59. The normalized spacial score (nSPS) is 10.7. The van der Waals surface area contributed by atoms with Crippen molar-refractivity contribution in [3.05, 3.63) is 41.2 Å².